The molecule has 0 aliphatic heterocycles. The molecule has 1 aromatic rings. The number of guanidine groups is 1. The Labute approximate surface area is 174 Å². The molecule has 0 aromatic heterocycles. The van der Waals surface area contributed by atoms with Gasteiger partial charge in [-0.2, -0.15) is 0 Å². The molecule has 0 aliphatic rings. The van der Waals surface area contributed by atoms with Crippen molar-refractivity contribution in [2.75, 3.05) is 39.9 Å². The fourth-order valence-electron chi connectivity index (χ4n) is 2.46. The highest BCUT2D eigenvalue weighted by molar-refractivity contribution is 5.79. The molecule has 8 nitrogen and oxygen atoms in total. The number of alkyl carbamates (subject to hydrolysis) is 1. The third-order valence-corrected chi connectivity index (χ3v) is 3.62. The van der Waals surface area contributed by atoms with E-state index in [1.54, 1.807) is 7.05 Å². The Bertz CT molecular complexity index is 657. The summed E-state index contributed by atoms with van der Waals surface area (Å²) in [4.78, 5) is 15.8. The van der Waals surface area contributed by atoms with E-state index in [-0.39, 0.29) is 0 Å². The van der Waals surface area contributed by atoms with Crippen molar-refractivity contribution < 1.29 is 19.0 Å². The molecule has 0 saturated carbocycles. The first-order valence-electron chi connectivity index (χ1n) is 10.1. The van der Waals surface area contributed by atoms with E-state index in [2.05, 4.69) is 20.9 Å². The molecule has 0 heterocycles. The standard InChI is InChI=1S/C21H36N4O4/c1-7-27-17-10-9-16(15-18(17)28-8-2)11-12-23-19(22-6)24-13-14-25-20(26)29-21(3,4)5/h9-10,15H,7-8,11-14H2,1-6H3,(H,25,26)(H2,22,23,24). The lowest BCUT2D eigenvalue weighted by molar-refractivity contribution is 0.0529. The Hall–Kier alpha value is -2.64. The molecule has 8 heteroatoms. The zero-order valence-corrected chi connectivity index (χ0v) is 18.6. The Balaban J connectivity index is 2.38. The van der Waals surface area contributed by atoms with Gasteiger partial charge in [0, 0.05) is 26.7 Å². The normalized spacial score (nSPS) is 11.6. The first-order chi connectivity index (χ1) is 13.8. The van der Waals surface area contributed by atoms with E-state index in [9.17, 15) is 4.79 Å². The third kappa shape index (κ3) is 10.5. The third-order valence-electron chi connectivity index (χ3n) is 3.62. The molecule has 164 valence electrons. The highest BCUT2D eigenvalue weighted by Crippen LogP contribution is 2.28. The van der Waals surface area contributed by atoms with Crippen LogP contribution < -0.4 is 25.4 Å². The van der Waals surface area contributed by atoms with E-state index in [0.717, 1.165) is 23.5 Å². The van der Waals surface area contributed by atoms with Crippen LogP contribution in [0.2, 0.25) is 0 Å². The largest absolute Gasteiger partial charge is 0.490 e. The van der Waals surface area contributed by atoms with Crippen LogP contribution in [0.15, 0.2) is 23.2 Å². The van der Waals surface area contributed by atoms with Gasteiger partial charge in [0.15, 0.2) is 17.5 Å². The first-order valence-corrected chi connectivity index (χ1v) is 10.1. The lowest BCUT2D eigenvalue weighted by Crippen LogP contribution is -2.42. The summed E-state index contributed by atoms with van der Waals surface area (Å²) in [7, 11) is 1.71. The summed E-state index contributed by atoms with van der Waals surface area (Å²) >= 11 is 0. The number of aliphatic imine (C=N–C) groups is 1. The molecule has 0 unspecified atom stereocenters. The van der Waals surface area contributed by atoms with Crippen molar-refractivity contribution in [1.82, 2.24) is 16.0 Å². The molecule has 0 bridgehead atoms. The fraction of sp³-hybridized carbons (Fsp3) is 0.619. The lowest BCUT2D eigenvalue weighted by atomic mass is 10.1. The molecule has 1 aromatic carbocycles. The maximum absolute atomic E-state index is 11.6. The Morgan fingerprint density at radius 3 is 2.21 bits per heavy atom. The van der Waals surface area contributed by atoms with Crippen LogP contribution in [0.25, 0.3) is 0 Å². The van der Waals surface area contributed by atoms with Crippen LogP contribution in [0, 0.1) is 0 Å². The number of nitrogens with one attached hydrogen (secondary N) is 3. The van der Waals surface area contributed by atoms with Crippen molar-refractivity contribution in [1.29, 1.82) is 0 Å². The minimum atomic E-state index is -0.502. The van der Waals surface area contributed by atoms with Gasteiger partial charge >= 0.3 is 6.09 Å². The predicted molar refractivity (Wildman–Crippen MR) is 116 cm³/mol. The summed E-state index contributed by atoms with van der Waals surface area (Å²) < 4.78 is 16.5. The quantitative estimate of drug-likeness (QED) is 0.313. The molecular formula is C21H36N4O4. The number of carbonyl (C=O) groups is 1. The summed E-state index contributed by atoms with van der Waals surface area (Å²) in [5, 5.41) is 9.12. The van der Waals surface area contributed by atoms with Gasteiger partial charge in [-0.15, -0.1) is 0 Å². The van der Waals surface area contributed by atoms with Gasteiger partial charge in [0.25, 0.3) is 0 Å². The summed E-state index contributed by atoms with van der Waals surface area (Å²) in [6, 6.07) is 5.99. The van der Waals surface area contributed by atoms with E-state index in [1.165, 1.54) is 0 Å². The van der Waals surface area contributed by atoms with Gasteiger partial charge in [-0.1, -0.05) is 6.07 Å². The molecule has 0 fully saturated rings. The van der Waals surface area contributed by atoms with Gasteiger partial charge in [0.1, 0.15) is 5.60 Å². The molecule has 0 atom stereocenters. The summed E-state index contributed by atoms with van der Waals surface area (Å²) in [6.07, 6.45) is 0.381. The van der Waals surface area contributed by atoms with Gasteiger partial charge in [-0.25, -0.2) is 4.79 Å². The van der Waals surface area contributed by atoms with Crippen molar-refractivity contribution in [2.45, 2.75) is 46.6 Å². The minimum Gasteiger partial charge on any atom is -0.490 e. The molecule has 0 spiro atoms. The van der Waals surface area contributed by atoms with Gasteiger partial charge < -0.3 is 30.2 Å². The van der Waals surface area contributed by atoms with Crippen LogP contribution in [-0.4, -0.2) is 57.5 Å². The van der Waals surface area contributed by atoms with E-state index in [0.29, 0.717) is 38.8 Å². The van der Waals surface area contributed by atoms with E-state index in [1.807, 2.05) is 52.8 Å². The summed E-state index contributed by atoms with van der Waals surface area (Å²) in [5.41, 5.74) is 0.643. The van der Waals surface area contributed by atoms with E-state index < -0.39 is 11.7 Å². The van der Waals surface area contributed by atoms with Crippen molar-refractivity contribution in [3.8, 4) is 11.5 Å². The number of hydrogen-bond acceptors (Lipinski definition) is 5. The minimum absolute atomic E-state index is 0.428. The Morgan fingerprint density at radius 1 is 0.966 bits per heavy atom. The number of benzene rings is 1. The average Bonchev–Trinajstić information content (AvgIpc) is 2.64. The molecule has 3 N–H and O–H groups in total. The molecule has 29 heavy (non-hydrogen) atoms. The number of nitrogens with zero attached hydrogens (tertiary/aromatic N) is 1. The van der Waals surface area contributed by atoms with E-state index in [4.69, 9.17) is 14.2 Å². The second-order valence-electron chi connectivity index (χ2n) is 7.25. The fourth-order valence-corrected chi connectivity index (χ4v) is 2.46. The molecule has 0 aliphatic carbocycles. The Kier molecular flexibility index (Phi) is 10.7. The van der Waals surface area contributed by atoms with Crippen molar-refractivity contribution in [3.05, 3.63) is 23.8 Å². The monoisotopic (exact) mass is 408 g/mol. The van der Waals surface area contributed by atoms with Crippen LogP contribution in [-0.2, 0) is 11.2 Å². The van der Waals surface area contributed by atoms with Crippen LogP contribution in [0.5, 0.6) is 11.5 Å². The van der Waals surface area contributed by atoms with Crippen LogP contribution in [0.4, 0.5) is 4.79 Å². The van der Waals surface area contributed by atoms with E-state index >= 15 is 0 Å². The molecule has 0 radical (unpaired) electrons. The number of carbonyl (C=O) groups excluding carboxylic acids is 1. The zero-order valence-electron chi connectivity index (χ0n) is 18.6. The molecule has 0 saturated heterocycles. The smallest absolute Gasteiger partial charge is 0.407 e. The number of amides is 1. The van der Waals surface area contributed by atoms with Gasteiger partial charge in [-0.05, 0) is 58.7 Å². The van der Waals surface area contributed by atoms with Crippen LogP contribution >= 0.6 is 0 Å². The Morgan fingerprint density at radius 2 is 1.59 bits per heavy atom. The highest BCUT2D eigenvalue weighted by atomic mass is 16.6. The van der Waals surface area contributed by atoms with Crippen molar-refractivity contribution in [3.63, 3.8) is 0 Å². The van der Waals surface area contributed by atoms with Crippen molar-refractivity contribution in [2.24, 2.45) is 4.99 Å². The number of rotatable bonds is 10. The molecule has 1 rings (SSSR count). The summed E-state index contributed by atoms with van der Waals surface area (Å²) in [5.74, 6) is 2.20. The zero-order chi connectivity index (χ0) is 21.7. The van der Waals surface area contributed by atoms with Gasteiger partial charge in [-0.3, -0.25) is 4.99 Å². The molecular weight excluding hydrogens is 372 g/mol. The first kappa shape index (κ1) is 24.4. The molecule has 1 amide bonds. The van der Waals surface area contributed by atoms with Crippen LogP contribution in [0.1, 0.15) is 40.2 Å². The number of hydrogen-bond donors (Lipinski definition) is 3. The second kappa shape index (κ2) is 12.7. The highest BCUT2D eigenvalue weighted by Gasteiger charge is 2.15. The van der Waals surface area contributed by atoms with Gasteiger partial charge in [0.2, 0.25) is 0 Å². The SMILES string of the molecule is CCOc1ccc(CCNC(=NC)NCCNC(=O)OC(C)(C)C)cc1OCC. The topological polar surface area (TPSA) is 93.2 Å². The predicted octanol–water partition coefficient (Wildman–Crippen LogP) is 2.72. The second-order valence-corrected chi connectivity index (χ2v) is 7.25. The van der Waals surface area contributed by atoms with Crippen molar-refractivity contribution >= 4 is 12.1 Å². The van der Waals surface area contributed by atoms with Crippen LogP contribution in [0.3, 0.4) is 0 Å². The average molecular weight is 409 g/mol. The number of ether oxygens (including phenoxy) is 3. The maximum atomic E-state index is 11.6. The maximum Gasteiger partial charge on any atom is 0.407 e. The van der Waals surface area contributed by atoms with Gasteiger partial charge in [0.05, 0.1) is 13.2 Å². The lowest BCUT2D eigenvalue weighted by Gasteiger charge is -2.20. The summed E-state index contributed by atoms with van der Waals surface area (Å²) in [6.45, 7) is 12.3.